The first-order chi connectivity index (χ1) is 17.0. The summed E-state index contributed by atoms with van der Waals surface area (Å²) >= 11 is 0. The molecule has 1 aromatic heterocycles. The van der Waals surface area contributed by atoms with Crippen LogP contribution in [0.1, 0.15) is 37.3 Å². The van der Waals surface area contributed by atoms with Crippen LogP contribution in [0.5, 0.6) is 6.01 Å². The zero-order chi connectivity index (χ0) is 24.4. The molecule has 0 radical (unpaired) electrons. The third-order valence-corrected chi connectivity index (χ3v) is 6.25. The SMILES string of the molecule is Cc1ccccc1-c1nc(OCC(C)C)nn1-c1ccc(NC(=O)[C@@H]2C[C@H]2c2ccccc2)cc1. The fourth-order valence-corrected chi connectivity index (χ4v) is 4.25. The van der Waals surface area contributed by atoms with Gasteiger partial charge in [0.25, 0.3) is 0 Å². The summed E-state index contributed by atoms with van der Waals surface area (Å²) in [7, 11) is 0. The van der Waals surface area contributed by atoms with E-state index in [2.05, 4.69) is 54.4 Å². The zero-order valence-electron chi connectivity index (χ0n) is 20.3. The molecule has 6 nitrogen and oxygen atoms in total. The Hall–Kier alpha value is -3.93. The average Bonchev–Trinajstić information content (AvgIpc) is 3.57. The normalized spacial score (nSPS) is 16.8. The summed E-state index contributed by atoms with van der Waals surface area (Å²) in [6, 6.07) is 26.4. The molecular weight excluding hydrogens is 436 g/mol. The van der Waals surface area contributed by atoms with Crippen LogP contribution in [0.25, 0.3) is 17.1 Å². The molecule has 0 unspecified atom stereocenters. The molecule has 0 aliphatic heterocycles. The molecule has 6 heteroatoms. The second-order valence-electron chi connectivity index (χ2n) is 9.55. The van der Waals surface area contributed by atoms with Crippen molar-refractivity contribution in [1.29, 1.82) is 0 Å². The van der Waals surface area contributed by atoms with Crippen LogP contribution in [0.2, 0.25) is 0 Å². The Morgan fingerprint density at radius 1 is 1.03 bits per heavy atom. The van der Waals surface area contributed by atoms with E-state index in [9.17, 15) is 4.79 Å². The maximum absolute atomic E-state index is 12.8. The van der Waals surface area contributed by atoms with E-state index in [1.165, 1.54) is 5.56 Å². The lowest BCUT2D eigenvalue weighted by Gasteiger charge is -2.10. The number of nitrogens with zero attached hydrogens (tertiary/aromatic N) is 3. The van der Waals surface area contributed by atoms with Gasteiger partial charge in [0.05, 0.1) is 12.3 Å². The van der Waals surface area contributed by atoms with Crippen molar-refractivity contribution in [3.63, 3.8) is 0 Å². The summed E-state index contributed by atoms with van der Waals surface area (Å²) in [5.74, 6) is 1.51. The molecule has 3 aromatic carbocycles. The summed E-state index contributed by atoms with van der Waals surface area (Å²) in [5.41, 5.74) is 4.96. The van der Waals surface area contributed by atoms with E-state index in [0.29, 0.717) is 24.5 Å². The van der Waals surface area contributed by atoms with Crippen molar-refractivity contribution < 1.29 is 9.53 Å². The third kappa shape index (κ3) is 5.11. The first-order valence-corrected chi connectivity index (χ1v) is 12.1. The Balaban J connectivity index is 1.35. The number of aromatic nitrogens is 3. The van der Waals surface area contributed by atoms with Gasteiger partial charge < -0.3 is 10.1 Å². The Morgan fingerprint density at radius 2 is 1.74 bits per heavy atom. The molecule has 1 heterocycles. The van der Waals surface area contributed by atoms with Crippen LogP contribution in [0.4, 0.5) is 5.69 Å². The van der Waals surface area contributed by atoms with Crippen LogP contribution in [-0.4, -0.2) is 27.3 Å². The van der Waals surface area contributed by atoms with Crippen LogP contribution >= 0.6 is 0 Å². The van der Waals surface area contributed by atoms with Gasteiger partial charge in [0, 0.05) is 17.2 Å². The van der Waals surface area contributed by atoms with Crippen molar-refractivity contribution in [3.05, 3.63) is 90.0 Å². The quantitative estimate of drug-likeness (QED) is 0.345. The fourth-order valence-electron chi connectivity index (χ4n) is 4.25. The van der Waals surface area contributed by atoms with Crippen molar-refractivity contribution in [2.24, 2.45) is 11.8 Å². The molecule has 1 fully saturated rings. The van der Waals surface area contributed by atoms with Gasteiger partial charge in [0.15, 0.2) is 5.82 Å². The minimum Gasteiger partial charge on any atom is -0.462 e. The lowest BCUT2D eigenvalue weighted by atomic mass is 10.1. The standard InChI is InChI=1S/C29H30N4O2/c1-19(2)18-35-29-31-27(24-12-8-7-9-20(24)3)33(32-29)23-15-13-22(14-16-23)30-28(34)26-17-25(26)21-10-5-4-6-11-21/h4-16,19,25-26H,17-18H2,1-3H3,(H,30,34)/t25-,26+/m0/s1. The monoisotopic (exact) mass is 466 g/mol. The molecule has 1 N–H and O–H groups in total. The van der Waals surface area contributed by atoms with Crippen LogP contribution in [0.15, 0.2) is 78.9 Å². The van der Waals surface area contributed by atoms with E-state index in [1.807, 2.05) is 60.7 Å². The van der Waals surface area contributed by atoms with E-state index < -0.39 is 0 Å². The first-order valence-electron chi connectivity index (χ1n) is 12.1. The van der Waals surface area contributed by atoms with E-state index in [-0.39, 0.29) is 11.8 Å². The smallest absolute Gasteiger partial charge is 0.336 e. The summed E-state index contributed by atoms with van der Waals surface area (Å²) in [6.45, 7) is 6.79. The topological polar surface area (TPSA) is 69.0 Å². The Morgan fingerprint density at radius 3 is 2.46 bits per heavy atom. The highest BCUT2D eigenvalue weighted by Gasteiger charge is 2.43. The second-order valence-corrected chi connectivity index (χ2v) is 9.55. The number of amides is 1. The van der Waals surface area contributed by atoms with Crippen LogP contribution in [0, 0.1) is 18.8 Å². The number of nitrogens with one attached hydrogen (secondary N) is 1. The predicted octanol–water partition coefficient (Wildman–Crippen LogP) is 6.02. The summed E-state index contributed by atoms with van der Waals surface area (Å²) in [4.78, 5) is 17.5. The molecule has 35 heavy (non-hydrogen) atoms. The van der Waals surface area contributed by atoms with Gasteiger partial charge >= 0.3 is 6.01 Å². The molecule has 1 amide bonds. The number of rotatable bonds is 8. The lowest BCUT2D eigenvalue weighted by molar-refractivity contribution is -0.117. The van der Waals surface area contributed by atoms with Crippen LogP contribution < -0.4 is 10.1 Å². The number of hydrogen-bond acceptors (Lipinski definition) is 4. The van der Waals surface area contributed by atoms with Gasteiger partial charge in [-0.15, -0.1) is 5.10 Å². The molecule has 0 saturated heterocycles. The molecule has 1 aliphatic rings. The zero-order valence-corrected chi connectivity index (χ0v) is 20.3. The van der Waals surface area contributed by atoms with E-state index in [1.54, 1.807) is 4.68 Å². The van der Waals surface area contributed by atoms with Crippen molar-refractivity contribution in [2.45, 2.75) is 33.1 Å². The maximum Gasteiger partial charge on any atom is 0.336 e. The minimum absolute atomic E-state index is 0.0284. The highest BCUT2D eigenvalue weighted by Crippen LogP contribution is 2.47. The van der Waals surface area contributed by atoms with Crippen molar-refractivity contribution >= 4 is 11.6 Å². The van der Waals surface area contributed by atoms with E-state index in [4.69, 9.17) is 4.74 Å². The van der Waals surface area contributed by atoms with Crippen molar-refractivity contribution in [2.75, 3.05) is 11.9 Å². The van der Waals surface area contributed by atoms with E-state index in [0.717, 1.165) is 34.7 Å². The predicted molar refractivity (Wildman–Crippen MR) is 138 cm³/mol. The Bertz CT molecular complexity index is 1310. The molecule has 1 aliphatic carbocycles. The molecule has 2 atom stereocenters. The second kappa shape index (κ2) is 9.74. The van der Waals surface area contributed by atoms with Gasteiger partial charge in [-0.25, -0.2) is 4.68 Å². The van der Waals surface area contributed by atoms with Crippen LogP contribution in [0.3, 0.4) is 0 Å². The summed E-state index contributed by atoms with van der Waals surface area (Å²) in [6.07, 6.45) is 0.895. The summed E-state index contributed by atoms with van der Waals surface area (Å²) in [5, 5.41) is 7.70. The fraction of sp³-hybridized carbons (Fsp3) is 0.276. The first kappa shape index (κ1) is 22.8. The molecular formula is C29H30N4O2. The Labute approximate surface area is 206 Å². The van der Waals surface area contributed by atoms with Gasteiger partial charge in [0.2, 0.25) is 5.91 Å². The molecule has 0 spiro atoms. The number of benzene rings is 3. The van der Waals surface area contributed by atoms with Gasteiger partial charge in [-0.05, 0) is 60.6 Å². The molecule has 5 rings (SSSR count). The highest BCUT2D eigenvalue weighted by atomic mass is 16.5. The highest BCUT2D eigenvalue weighted by molar-refractivity contribution is 5.95. The van der Waals surface area contributed by atoms with Gasteiger partial charge in [-0.3, -0.25) is 4.79 Å². The number of anilines is 1. The number of hydrogen-bond donors (Lipinski definition) is 1. The maximum atomic E-state index is 12.8. The van der Waals surface area contributed by atoms with Gasteiger partial charge in [-0.2, -0.15) is 4.98 Å². The van der Waals surface area contributed by atoms with Gasteiger partial charge in [0.1, 0.15) is 0 Å². The Kier molecular flexibility index (Phi) is 6.36. The largest absolute Gasteiger partial charge is 0.462 e. The minimum atomic E-state index is 0.0284. The number of carbonyl (C=O) groups is 1. The lowest BCUT2D eigenvalue weighted by Crippen LogP contribution is -2.14. The van der Waals surface area contributed by atoms with Crippen molar-refractivity contribution in [1.82, 2.24) is 14.8 Å². The molecule has 4 aromatic rings. The average molecular weight is 467 g/mol. The molecule has 178 valence electrons. The van der Waals surface area contributed by atoms with Crippen LogP contribution in [-0.2, 0) is 4.79 Å². The number of carbonyl (C=O) groups excluding carboxylic acids is 1. The third-order valence-electron chi connectivity index (χ3n) is 6.25. The van der Waals surface area contributed by atoms with Crippen molar-refractivity contribution in [3.8, 4) is 23.1 Å². The molecule has 0 bridgehead atoms. The van der Waals surface area contributed by atoms with Gasteiger partial charge in [-0.1, -0.05) is 68.4 Å². The number of ether oxygens (including phenoxy) is 1. The molecule has 1 saturated carbocycles. The number of aryl methyl sites for hydroxylation is 1. The van der Waals surface area contributed by atoms with E-state index >= 15 is 0 Å². The summed E-state index contributed by atoms with van der Waals surface area (Å²) < 4.78 is 7.63.